The predicted octanol–water partition coefficient (Wildman–Crippen LogP) is 3.96. The summed E-state index contributed by atoms with van der Waals surface area (Å²) in [6.45, 7) is 2.12. The van der Waals surface area contributed by atoms with Gasteiger partial charge >= 0.3 is 18.2 Å². The monoisotopic (exact) mass is 478 g/mol. The molecule has 0 amide bonds. The number of nitrogens with zero attached hydrogens (tertiary/aromatic N) is 3. The van der Waals surface area contributed by atoms with E-state index >= 15 is 0 Å². The molecule has 34 heavy (non-hydrogen) atoms. The Kier molecular flexibility index (Phi) is 6.98. The maximum atomic E-state index is 12.2. The Labute approximate surface area is 192 Å². The van der Waals surface area contributed by atoms with Crippen LogP contribution in [-0.2, 0) is 31.0 Å². The zero-order chi connectivity index (χ0) is 24.1. The number of alkyl halides is 3. The van der Waals surface area contributed by atoms with E-state index in [9.17, 15) is 23.3 Å². The van der Waals surface area contributed by atoms with E-state index in [1.165, 1.54) is 18.3 Å². The highest BCUT2D eigenvalue weighted by atomic mass is 19.4. The van der Waals surface area contributed by atoms with Gasteiger partial charge in [0, 0.05) is 18.1 Å². The van der Waals surface area contributed by atoms with Gasteiger partial charge in [-0.3, -0.25) is 4.57 Å². The van der Waals surface area contributed by atoms with Gasteiger partial charge in [0.05, 0.1) is 13.2 Å². The van der Waals surface area contributed by atoms with Gasteiger partial charge in [0.25, 0.3) is 0 Å². The lowest BCUT2D eigenvalue weighted by Crippen LogP contribution is -2.32. The summed E-state index contributed by atoms with van der Waals surface area (Å²) in [5.41, 5.74) is 2.84. The van der Waals surface area contributed by atoms with Crippen LogP contribution in [0, 0.1) is 10.1 Å². The zero-order valence-corrected chi connectivity index (χ0v) is 17.8. The molecule has 1 aromatic heterocycles. The summed E-state index contributed by atoms with van der Waals surface area (Å²) in [4.78, 5) is 14.1. The van der Waals surface area contributed by atoms with Crippen LogP contribution in [0.4, 0.5) is 19.0 Å². The normalized spacial score (nSPS) is 15.4. The summed E-state index contributed by atoms with van der Waals surface area (Å²) in [7, 11) is 0. The van der Waals surface area contributed by atoms with E-state index in [1.807, 2.05) is 24.3 Å². The summed E-state index contributed by atoms with van der Waals surface area (Å²) in [6.07, 6.45) is -3.62. The number of rotatable bonds is 9. The van der Waals surface area contributed by atoms with Crippen molar-refractivity contribution in [2.45, 2.75) is 38.7 Å². The molecular formula is C22H21F3N4O5. The first-order valence-electron chi connectivity index (χ1n) is 10.3. The molecule has 0 fully saturated rings. The van der Waals surface area contributed by atoms with Gasteiger partial charge < -0.3 is 29.6 Å². The third-order valence-electron chi connectivity index (χ3n) is 5.04. The third kappa shape index (κ3) is 6.45. The molecule has 1 aliphatic rings. The van der Waals surface area contributed by atoms with Crippen molar-refractivity contribution in [2.24, 2.45) is 0 Å². The Balaban J connectivity index is 1.20. The van der Waals surface area contributed by atoms with Crippen molar-refractivity contribution in [3.8, 4) is 11.8 Å². The van der Waals surface area contributed by atoms with Crippen LogP contribution in [0.25, 0.3) is 0 Å². The fraction of sp³-hybridized carbons (Fsp3) is 0.318. The van der Waals surface area contributed by atoms with Crippen LogP contribution >= 0.6 is 0 Å². The van der Waals surface area contributed by atoms with E-state index in [0.29, 0.717) is 26.2 Å². The van der Waals surface area contributed by atoms with Crippen molar-refractivity contribution in [3.05, 3.63) is 81.5 Å². The van der Waals surface area contributed by atoms with Gasteiger partial charge in [-0.05, 0) is 33.7 Å². The average molecular weight is 478 g/mol. The molecular weight excluding hydrogens is 457 g/mol. The Hall–Kier alpha value is -3.64. The first kappa shape index (κ1) is 23.5. The number of hydrogen-bond acceptors (Lipinski definition) is 7. The Morgan fingerprint density at radius 2 is 1.71 bits per heavy atom. The number of hydrogen-bond donors (Lipinski definition) is 1. The van der Waals surface area contributed by atoms with Crippen molar-refractivity contribution in [1.82, 2.24) is 14.9 Å². The van der Waals surface area contributed by atoms with Gasteiger partial charge in [-0.1, -0.05) is 36.4 Å². The third-order valence-corrected chi connectivity index (χ3v) is 5.04. The van der Waals surface area contributed by atoms with Crippen LogP contribution in [0.5, 0.6) is 11.8 Å². The molecule has 4 rings (SSSR count). The fourth-order valence-corrected chi connectivity index (χ4v) is 3.39. The molecule has 0 aliphatic carbocycles. The van der Waals surface area contributed by atoms with Crippen LogP contribution in [0.3, 0.4) is 0 Å². The summed E-state index contributed by atoms with van der Waals surface area (Å²) in [6, 6.07) is 13.7. The lowest BCUT2D eigenvalue weighted by Gasteiger charge is -2.22. The van der Waals surface area contributed by atoms with Gasteiger partial charge in [0.1, 0.15) is 24.7 Å². The van der Waals surface area contributed by atoms with Gasteiger partial charge in [0.2, 0.25) is 0 Å². The second-order valence-corrected chi connectivity index (χ2v) is 7.65. The van der Waals surface area contributed by atoms with Crippen LogP contribution < -0.4 is 14.8 Å². The highest BCUT2D eigenvalue weighted by Gasteiger charge is 2.31. The first-order valence-corrected chi connectivity index (χ1v) is 10.3. The molecule has 0 radical (unpaired) electrons. The highest BCUT2D eigenvalue weighted by molar-refractivity contribution is 5.28. The molecule has 1 N–H and O–H groups in total. The fourth-order valence-electron chi connectivity index (χ4n) is 3.39. The average Bonchev–Trinajstić information content (AvgIpc) is 3.23. The molecule has 1 aliphatic heterocycles. The molecule has 2 aromatic carbocycles. The van der Waals surface area contributed by atoms with Crippen molar-refractivity contribution < 1.29 is 32.3 Å². The van der Waals surface area contributed by atoms with Gasteiger partial charge in [0.15, 0.2) is 0 Å². The molecule has 0 spiro atoms. The number of ether oxygens (including phenoxy) is 3. The zero-order valence-electron chi connectivity index (χ0n) is 17.8. The molecule has 0 unspecified atom stereocenters. The Morgan fingerprint density at radius 3 is 2.32 bits per heavy atom. The minimum Gasteiger partial charge on any atom is -0.443 e. The highest BCUT2D eigenvalue weighted by Crippen LogP contribution is 2.24. The van der Waals surface area contributed by atoms with Crippen molar-refractivity contribution >= 4 is 5.82 Å². The van der Waals surface area contributed by atoms with Crippen molar-refractivity contribution in [1.29, 1.82) is 0 Å². The number of aromatic nitrogens is 2. The predicted molar refractivity (Wildman–Crippen MR) is 113 cm³/mol. The van der Waals surface area contributed by atoms with E-state index in [4.69, 9.17) is 9.47 Å². The molecule has 180 valence electrons. The first-order chi connectivity index (χ1) is 16.2. The lowest BCUT2D eigenvalue weighted by molar-refractivity contribution is -0.389. The molecule has 0 saturated heterocycles. The second-order valence-electron chi connectivity index (χ2n) is 7.65. The maximum absolute atomic E-state index is 12.2. The molecule has 0 bridgehead atoms. The minimum absolute atomic E-state index is 0.217. The number of halogens is 3. The van der Waals surface area contributed by atoms with Crippen LogP contribution in [0.15, 0.2) is 54.7 Å². The smallest absolute Gasteiger partial charge is 0.443 e. The van der Waals surface area contributed by atoms with E-state index in [1.54, 1.807) is 16.7 Å². The molecule has 12 heteroatoms. The molecule has 9 nitrogen and oxygen atoms in total. The van der Waals surface area contributed by atoms with Crippen molar-refractivity contribution in [2.75, 3.05) is 6.61 Å². The Bertz CT molecular complexity index is 1120. The van der Waals surface area contributed by atoms with Gasteiger partial charge in [-0.2, -0.15) is 0 Å². The second kappa shape index (κ2) is 10.1. The number of benzene rings is 2. The van der Waals surface area contributed by atoms with E-state index in [0.717, 1.165) is 16.7 Å². The minimum atomic E-state index is -4.70. The van der Waals surface area contributed by atoms with Crippen LogP contribution in [0.2, 0.25) is 0 Å². The lowest BCUT2D eigenvalue weighted by atomic mass is 10.1. The van der Waals surface area contributed by atoms with E-state index < -0.39 is 11.3 Å². The van der Waals surface area contributed by atoms with Crippen LogP contribution in [-0.4, -0.2) is 33.5 Å². The number of fused-ring (bicyclic) bond motifs is 1. The van der Waals surface area contributed by atoms with Crippen molar-refractivity contribution in [3.63, 3.8) is 0 Å². The van der Waals surface area contributed by atoms with Gasteiger partial charge in [-0.15, -0.1) is 13.2 Å². The molecule has 2 heterocycles. The van der Waals surface area contributed by atoms with E-state index in [2.05, 4.69) is 15.0 Å². The maximum Gasteiger partial charge on any atom is 0.573 e. The standard InChI is InChI=1S/C22H21F3N4O5/c23-22(24,25)34-18-7-5-16(6-8-18)10-26-9-15-1-3-17(4-2-15)13-32-19-11-28-12-20(29(30)31)27-21(28)33-14-19/h1-8,12,19,26H,9-11,13-14H2/t19-/m0/s1. The number of nitrogens with one attached hydrogen (secondary N) is 1. The van der Waals surface area contributed by atoms with E-state index in [-0.39, 0.29) is 30.3 Å². The topological polar surface area (TPSA) is 101 Å². The van der Waals surface area contributed by atoms with Crippen LogP contribution in [0.1, 0.15) is 16.7 Å². The number of imidazole rings is 1. The largest absolute Gasteiger partial charge is 0.573 e. The molecule has 0 saturated carbocycles. The SMILES string of the molecule is O=[N+]([O-])c1cn2c(n1)OC[C@@H](OCc1ccc(CNCc3ccc(OC(F)(F)F)cc3)cc1)C2. The quantitative estimate of drug-likeness (QED) is 0.367. The van der Waals surface area contributed by atoms with Gasteiger partial charge in [-0.25, -0.2) is 0 Å². The summed E-state index contributed by atoms with van der Waals surface area (Å²) in [5, 5.41) is 14.1. The number of nitro groups is 1. The molecule has 3 aromatic rings. The summed E-state index contributed by atoms with van der Waals surface area (Å²) < 4.78 is 53.4. The summed E-state index contributed by atoms with van der Waals surface area (Å²) >= 11 is 0. The Morgan fingerprint density at radius 1 is 1.09 bits per heavy atom. The summed E-state index contributed by atoms with van der Waals surface area (Å²) in [5.74, 6) is -0.507. The molecule has 1 atom stereocenters.